The molecule has 0 bridgehead atoms. The molecule has 1 N–H and O–H groups in total. The first-order chi connectivity index (χ1) is 12.0. The van der Waals surface area contributed by atoms with Crippen LogP contribution in [0.3, 0.4) is 0 Å². The standard InChI is InChI=1S/C20H27N3O2/c1-4-15-5-6-19-17(12-15)18(11-14(2)21-19)20(25)23-9-8-22(3)16(13-23)7-10-24/h5-6,11-12,16,24H,4,7-10,13H2,1-3H3/t16-/m1/s1. The molecule has 1 fully saturated rings. The third-order valence-electron chi connectivity index (χ3n) is 5.17. The van der Waals surface area contributed by atoms with Gasteiger partial charge in [-0.15, -0.1) is 0 Å². The van der Waals surface area contributed by atoms with Crippen LogP contribution in [0.2, 0.25) is 0 Å². The molecule has 0 radical (unpaired) electrons. The van der Waals surface area contributed by atoms with Crippen LogP contribution in [0.5, 0.6) is 0 Å². The lowest BCUT2D eigenvalue weighted by atomic mass is 10.0. The highest BCUT2D eigenvalue weighted by Crippen LogP contribution is 2.23. The fourth-order valence-electron chi connectivity index (χ4n) is 3.56. The molecule has 1 aliphatic heterocycles. The minimum atomic E-state index is 0.0693. The smallest absolute Gasteiger partial charge is 0.254 e. The van der Waals surface area contributed by atoms with Crippen LogP contribution in [-0.2, 0) is 6.42 Å². The van der Waals surface area contributed by atoms with Gasteiger partial charge in [0.2, 0.25) is 0 Å². The van der Waals surface area contributed by atoms with Crippen LogP contribution < -0.4 is 0 Å². The number of rotatable bonds is 4. The fourth-order valence-corrected chi connectivity index (χ4v) is 3.56. The van der Waals surface area contributed by atoms with Gasteiger partial charge >= 0.3 is 0 Å². The summed E-state index contributed by atoms with van der Waals surface area (Å²) in [5.74, 6) is 0.0693. The molecule has 1 aromatic heterocycles. The van der Waals surface area contributed by atoms with Crippen molar-refractivity contribution in [3.63, 3.8) is 0 Å². The minimum absolute atomic E-state index is 0.0693. The van der Waals surface area contributed by atoms with Gasteiger partial charge in [0, 0.05) is 43.4 Å². The summed E-state index contributed by atoms with van der Waals surface area (Å²) in [6.07, 6.45) is 1.63. The predicted octanol–water partition coefficient (Wildman–Crippen LogP) is 2.24. The Hall–Kier alpha value is -1.98. The average Bonchev–Trinajstić information content (AvgIpc) is 2.62. The average molecular weight is 341 g/mol. The van der Waals surface area contributed by atoms with Gasteiger partial charge in [-0.1, -0.05) is 13.0 Å². The van der Waals surface area contributed by atoms with E-state index < -0.39 is 0 Å². The Morgan fingerprint density at radius 1 is 1.32 bits per heavy atom. The van der Waals surface area contributed by atoms with Gasteiger partial charge in [0.25, 0.3) is 5.91 Å². The van der Waals surface area contributed by atoms with Crippen LogP contribution in [-0.4, -0.2) is 65.1 Å². The van der Waals surface area contributed by atoms with E-state index in [1.807, 2.05) is 24.0 Å². The van der Waals surface area contributed by atoms with Gasteiger partial charge in [-0.05, 0) is 50.6 Å². The predicted molar refractivity (Wildman–Crippen MR) is 99.9 cm³/mol. The number of fused-ring (bicyclic) bond motifs is 1. The van der Waals surface area contributed by atoms with Crippen molar-refractivity contribution >= 4 is 16.8 Å². The Bertz CT molecular complexity index is 775. The molecule has 1 saturated heterocycles. The van der Waals surface area contributed by atoms with E-state index in [1.165, 1.54) is 5.56 Å². The van der Waals surface area contributed by atoms with Crippen molar-refractivity contribution in [2.45, 2.75) is 32.7 Å². The lowest BCUT2D eigenvalue weighted by Gasteiger charge is -2.39. The van der Waals surface area contributed by atoms with Gasteiger partial charge in [-0.2, -0.15) is 0 Å². The third-order valence-corrected chi connectivity index (χ3v) is 5.17. The first-order valence-corrected chi connectivity index (χ1v) is 9.04. The lowest BCUT2D eigenvalue weighted by Crippen LogP contribution is -2.53. The van der Waals surface area contributed by atoms with E-state index >= 15 is 0 Å². The molecule has 0 spiro atoms. The van der Waals surface area contributed by atoms with E-state index in [0.717, 1.165) is 35.1 Å². The van der Waals surface area contributed by atoms with Crippen LogP contribution in [0, 0.1) is 6.92 Å². The van der Waals surface area contributed by atoms with E-state index in [-0.39, 0.29) is 18.6 Å². The second-order valence-corrected chi connectivity index (χ2v) is 6.91. The number of aryl methyl sites for hydroxylation is 2. The summed E-state index contributed by atoms with van der Waals surface area (Å²) >= 11 is 0. The number of hydrogen-bond donors (Lipinski definition) is 1. The maximum Gasteiger partial charge on any atom is 0.254 e. The first-order valence-electron chi connectivity index (χ1n) is 9.04. The summed E-state index contributed by atoms with van der Waals surface area (Å²) in [5, 5.41) is 10.2. The molecular formula is C20H27N3O2. The van der Waals surface area contributed by atoms with Crippen molar-refractivity contribution in [3.8, 4) is 0 Å². The molecule has 0 aliphatic carbocycles. The summed E-state index contributed by atoms with van der Waals surface area (Å²) in [4.78, 5) is 22.0. The SMILES string of the molecule is CCc1ccc2nc(C)cc(C(=O)N3CCN(C)[C@H](CCO)C3)c2c1. The van der Waals surface area contributed by atoms with Gasteiger partial charge in [-0.25, -0.2) is 0 Å². The monoisotopic (exact) mass is 341 g/mol. The highest BCUT2D eigenvalue weighted by Gasteiger charge is 2.28. The van der Waals surface area contributed by atoms with Gasteiger partial charge in [0.05, 0.1) is 11.1 Å². The molecular weight excluding hydrogens is 314 g/mol. The molecule has 1 aromatic carbocycles. The van der Waals surface area contributed by atoms with Crippen LogP contribution in [0.15, 0.2) is 24.3 Å². The fraction of sp³-hybridized carbons (Fsp3) is 0.500. The summed E-state index contributed by atoms with van der Waals surface area (Å²) in [5.41, 5.74) is 3.69. The maximum atomic E-state index is 13.2. The third kappa shape index (κ3) is 3.67. The molecule has 0 unspecified atom stereocenters. The quantitative estimate of drug-likeness (QED) is 0.927. The van der Waals surface area contributed by atoms with Crippen molar-refractivity contribution < 1.29 is 9.90 Å². The first kappa shape index (κ1) is 17.8. The maximum absolute atomic E-state index is 13.2. The molecule has 2 heterocycles. The number of likely N-dealkylation sites (N-methyl/N-ethyl adjacent to an activating group) is 1. The van der Waals surface area contributed by atoms with Crippen molar-refractivity contribution in [2.24, 2.45) is 0 Å². The molecule has 1 aliphatic rings. The normalized spacial score (nSPS) is 18.7. The van der Waals surface area contributed by atoms with E-state index in [9.17, 15) is 9.90 Å². The second-order valence-electron chi connectivity index (χ2n) is 6.91. The second kappa shape index (κ2) is 7.50. The number of hydrogen-bond acceptors (Lipinski definition) is 4. The number of aliphatic hydroxyl groups excluding tert-OH is 1. The zero-order valence-electron chi connectivity index (χ0n) is 15.3. The van der Waals surface area contributed by atoms with E-state index in [0.29, 0.717) is 19.5 Å². The van der Waals surface area contributed by atoms with Crippen molar-refractivity contribution in [1.82, 2.24) is 14.8 Å². The Morgan fingerprint density at radius 3 is 2.84 bits per heavy atom. The Labute approximate surface area is 149 Å². The van der Waals surface area contributed by atoms with E-state index in [2.05, 4.69) is 36.0 Å². The van der Waals surface area contributed by atoms with Crippen LogP contribution >= 0.6 is 0 Å². The molecule has 1 amide bonds. The van der Waals surface area contributed by atoms with E-state index in [4.69, 9.17) is 0 Å². The number of nitrogens with zero attached hydrogens (tertiary/aromatic N) is 3. The number of carbonyl (C=O) groups excluding carboxylic acids is 1. The van der Waals surface area contributed by atoms with Crippen LogP contribution in [0.25, 0.3) is 10.9 Å². The zero-order valence-corrected chi connectivity index (χ0v) is 15.3. The lowest BCUT2D eigenvalue weighted by molar-refractivity contribution is 0.0502. The topological polar surface area (TPSA) is 56.7 Å². The van der Waals surface area contributed by atoms with Crippen LogP contribution in [0.1, 0.15) is 35.0 Å². The van der Waals surface area contributed by atoms with Gasteiger partial charge < -0.3 is 10.0 Å². The number of aromatic nitrogens is 1. The molecule has 5 heteroatoms. The molecule has 3 rings (SSSR count). The number of aliphatic hydroxyl groups is 1. The minimum Gasteiger partial charge on any atom is -0.396 e. The number of pyridine rings is 1. The number of benzene rings is 1. The van der Waals surface area contributed by atoms with Crippen molar-refractivity contribution in [2.75, 3.05) is 33.3 Å². The zero-order chi connectivity index (χ0) is 18.0. The Balaban J connectivity index is 1.96. The van der Waals surface area contributed by atoms with Crippen LogP contribution in [0.4, 0.5) is 0 Å². The summed E-state index contributed by atoms with van der Waals surface area (Å²) in [6, 6.07) is 8.30. The summed E-state index contributed by atoms with van der Waals surface area (Å²) in [6.45, 7) is 6.40. The number of piperazine rings is 1. The largest absolute Gasteiger partial charge is 0.396 e. The Kier molecular flexibility index (Phi) is 5.35. The number of amides is 1. The molecule has 25 heavy (non-hydrogen) atoms. The van der Waals surface area contributed by atoms with Gasteiger partial charge in [0.15, 0.2) is 0 Å². The van der Waals surface area contributed by atoms with Crippen molar-refractivity contribution in [1.29, 1.82) is 0 Å². The van der Waals surface area contributed by atoms with E-state index in [1.54, 1.807) is 0 Å². The molecule has 0 saturated carbocycles. The molecule has 1 atom stereocenters. The highest BCUT2D eigenvalue weighted by atomic mass is 16.3. The highest BCUT2D eigenvalue weighted by molar-refractivity contribution is 6.06. The molecule has 2 aromatic rings. The number of carbonyl (C=O) groups is 1. The van der Waals surface area contributed by atoms with Gasteiger partial charge in [0.1, 0.15) is 0 Å². The van der Waals surface area contributed by atoms with Gasteiger partial charge in [-0.3, -0.25) is 14.7 Å². The molecule has 5 nitrogen and oxygen atoms in total. The summed E-state index contributed by atoms with van der Waals surface area (Å²) in [7, 11) is 2.06. The Morgan fingerprint density at radius 2 is 2.12 bits per heavy atom. The summed E-state index contributed by atoms with van der Waals surface area (Å²) < 4.78 is 0. The molecule has 134 valence electrons. The van der Waals surface area contributed by atoms with Crippen molar-refractivity contribution in [3.05, 3.63) is 41.1 Å².